The van der Waals surface area contributed by atoms with Gasteiger partial charge in [-0.1, -0.05) is 12.8 Å². The summed E-state index contributed by atoms with van der Waals surface area (Å²) in [6, 6.07) is 0.371. The van der Waals surface area contributed by atoms with Crippen molar-refractivity contribution in [3.63, 3.8) is 0 Å². The van der Waals surface area contributed by atoms with Crippen molar-refractivity contribution in [2.45, 2.75) is 57.6 Å². The zero-order valence-electron chi connectivity index (χ0n) is 11.5. The normalized spacial score (nSPS) is 29.9. The molecule has 0 bridgehead atoms. The molecule has 0 radical (unpaired) electrons. The van der Waals surface area contributed by atoms with Crippen LogP contribution in [0.3, 0.4) is 0 Å². The van der Waals surface area contributed by atoms with E-state index in [2.05, 4.69) is 12.2 Å². The molecule has 2 rings (SSSR count). The summed E-state index contributed by atoms with van der Waals surface area (Å²) in [5, 5.41) is 3.40. The minimum Gasteiger partial charge on any atom is -0.367 e. The lowest BCUT2D eigenvalue weighted by atomic mass is 10.0. The summed E-state index contributed by atoms with van der Waals surface area (Å²) in [6.45, 7) is 5.30. The fourth-order valence-corrected chi connectivity index (χ4v) is 2.83. The molecular weight excluding hydrogens is 228 g/mol. The number of carbonyl (C=O) groups is 1. The van der Waals surface area contributed by atoms with Gasteiger partial charge in [0, 0.05) is 19.1 Å². The lowest BCUT2D eigenvalue weighted by Crippen LogP contribution is -2.45. The predicted octanol–water partition coefficient (Wildman–Crippen LogP) is 1.55. The highest BCUT2D eigenvalue weighted by molar-refractivity contribution is 5.77. The Bertz CT molecular complexity index is 263. The minimum absolute atomic E-state index is 0.176. The zero-order valence-corrected chi connectivity index (χ0v) is 11.5. The average molecular weight is 254 g/mol. The number of carbonyl (C=O) groups excluding carboxylic acids is 1. The van der Waals surface area contributed by atoms with E-state index in [4.69, 9.17) is 4.74 Å². The second kappa shape index (κ2) is 7.10. The van der Waals surface area contributed by atoms with Gasteiger partial charge >= 0.3 is 0 Å². The zero-order chi connectivity index (χ0) is 12.8. The van der Waals surface area contributed by atoms with Gasteiger partial charge < -0.3 is 15.0 Å². The molecular formula is C14H26N2O2. The van der Waals surface area contributed by atoms with Crippen molar-refractivity contribution in [1.82, 2.24) is 10.2 Å². The highest BCUT2D eigenvalue weighted by atomic mass is 16.5. The topological polar surface area (TPSA) is 41.6 Å². The van der Waals surface area contributed by atoms with E-state index in [0.717, 1.165) is 45.3 Å². The molecule has 1 N–H and O–H groups in total. The van der Waals surface area contributed by atoms with Crippen molar-refractivity contribution >= 4 is 5.91 Å². The molecule has 2 unspecified atom stereocenters. The molecule has 4 heteroatoms. The second-order valence-electron chi connectivity index (χ2n) is 5.53. The van der Waals surface area contributed by atoms with E-state index in [0.29, 0.717) is 6.04 Å². The van der Waals surface area contributed by atoms with Gasteiger partial charge in [-0.15, -0.1) is 0 Å². The molecule has 0 saturated carbocycles. The first kappa shape index (κ1) is 13.8. The maximum absolute atomic E-state index is 12.1. The van der Waals surface area contributed by atoms with Crippen molar-refractivity contribution in [2.24, 2.45) is 0 Å². The smallest absolute Gasteiger partial charge is 0.248 e. The first-order chi connectivity index (χ1) is 8.77. The molecule has 0 aromatic heterocycles. The van der Waals surface area contributed by atoms with E-state index in [1.807, 2.05) is 4.90 Å². The summed E-state index contributed by atoms with van der Waals surface area (Å²) in [5.41, 5.74) is 0. The molecule has 2 fully saturated rings. The average Bonchev–Trinajstić information content (AvgIpc) is 2.66. The first-order valence-corrected chi connectivity index (χ1v) is 7.40. The summed E-state index contributed by atoms with van der Waals surface area (Å²) < 4.78 is 5.80. The molecule has 4 nitrogen and oxygen atoms in total. The molecule has 0 aromatic carbocycles. The minimum atomic E-state index is 0.176. The van der Waals surface area contributed by atoms with Crippen molar-refractivity contribution in [1.29, 1.82) is 0 Å². The lowest BCUT2D eigenvalue weighted by Gasteiger charge is -2.30. The van der Waals surface area contributed by atoms with E-state index >= 15 is 0 Å². The quantitative estimate of drug-likeness (QED) is 0.831. The molecule has 2 aliphatic rings. The number of rotatable bonds is 3. The van der Waals surface area contributed by atoms with Crippen LogP contribution in [0.1, 0.15) is 45.4 Å². The number of piperidine rings is 1. The molecule has 2 heterocycles. The maximum atomic E-state index is 12.1. The molecule has 104 valence electrons. The summed E-state index contributed by atoms with van der Waals surface area (Å²) >= 11 is 0. The van der Waals surface area contributed by atoms with Gasteiger partial charge in [0.05, 0.1) is 6.10 Å². The van der Waals surface area contributed by atoms with Gasteiger partial charge in [0.1, 0.15) is 6.61 Å². The maximum Gasteiger partial charge on any atom is 0.248 e. The first-order valence-electron chi connectivity index (χ1n) is 7.40. The van der Waals surface area contributed by atoms with Gasteiger partial charge in [0.25, 0.3) is 0 Å². The monoisotopic (exact) mass is 254 g/mol. The van der Waals surface area contributed by atoms with E-state index in [9.17, 15) is 4.79 Å². The van der Waals surface area contributed by atoms with E-state index < -0.39 is 0 Å². The number of ether oxygens (including phenoxy) is 1. The number of hydrogen-bond acceptors (Lipinski definition) is 3. The van der Waals surface area contributed by atoms with Crippen molar-refractivity contribution in [2.75, 3.05) is 26.2 Å². The number of nitrogens with one attached hydrogen (secondary N) is 1. The Morgan fingerprint density at radius 2 is 1.94 bits per heavy atom. The van der Waals surface area contributed by atoms with Crippen molar-refractivity contribution in [3.8, 4) is 0 Å². The molecule has 1 amide bonds. The largest absolute Gasteiger partial charge is 0.367 e. The van der Waals surface area contributed by atoms with Crippen LogP contribution in [0, 0.1) is 0 Å². The second-order valence-corrected chi connectivity index (χ2v) is 5.53. The lowest BCUT2D eigenvalue weighted by molar-refractivity contribution is -0.139. The fourth-order valence-electron chi connectivity index (χ4n) is 2.83. The SMILES string of the molecule is CC1NCCCC1OCC(=O)N1CCCCCC1. The van der Waals surface area contributed by atoms with Gasteiger partial charge in [-0.25, -0.2) is 0 Å². The van der Waals surface area contributed by atoms with Crippen LogP contribution in [0.2, 0.25) is 0 Å². The summed E-state index contributed by atoms with van der Waals surface area (Å²) in [5.74, 6) is 0.176. The van der Waals surface area contributed by atoms with Gasteiger partial charge in [0.2, 0.25) is 5.91 Å². The molecule has 0 aromatic rings. The third kappa shape index (κ3) is 3.95. The predicted molar refractivity (Wildman–Crippen MR) is 71.5 cm³/mol. The van der Waals surface area contributed by atoms with Crippen LogP contribution in [0.25, 0.3) is 0 Å². The third-order valence-electron chi connectivity index (χ3n) is 4.07. The van der Waals surface area contributed by atoms with Crippen LogP contribution in [0.5, 0.6) is 0 Å². The van der Waals surface area contributed by atoms with Crippen LogP contribution in [0.15, 0.2) is 0 Å². The van der Waals surface area contributed by atoms with Crippen LogP contribution >= 0.6 is 0 Å². The molecule has 18 heavy (non-hydrogen) atoms. The highest BCUT2D eigenvalue weighted by Crippen LogP contribution is 2.14. The standard InChI is InChI=1S/C14H26N2O2/c1-12-13(7-6-8-15-12)18-11-14(17)16-9-4-2-3-5-10-16/h12-13,15H,2-11H2,1H3. The van der Waals surface area contributed by atoms with Crippen molar-refractivity contribution < 1.29 is 9.53 Å². The molecule has 0 aliphatic carbocycles. The Hall–Kier alpha value is -0.610. The summed E-state index contributed by atoms with van der Waals surface area (Å²) in [4.78, 5) is 14.1. The van der Waals surface area contributed by atoms with E-state index in [1.165, 1.54) is 12.8 Å². The highest BCUT2D eigenvalue weighted by Gasteiger charge is 2.23. The third-order valence-corrected chi connectivity index (χ3v) is 4.07. The van der Waals surface area contributed by atoms with Gasteiger partial charge in [0.15, 0.2) is 0 Å². The number of hydrogen-bond donors (Lipinski definition) is 1. The Balaban J connectivity index is 1.72. The van der Waals surface area contributed by atoms with Crippen LogP contribution in [0.4, 0.5) is 0 Å². The number of likely N-dealkylation sites (tertiary alicyclic amines) is 1. The summed E-state index contributed by atoms with van der Waals surface area (Å²) in [7, 11) is 0. The number of amides is 1. The van der Waals surface area contributed by atoms with Crippen LogP contribution in [-0.4, -0.2) is 49.2 Å². The van der Waals surface area contributed by atoms with Gasteiger partial charge in [-0.2, -0.15) is 0 Å². The van der Waals surface area contributed by atoms with Gasteiger partial charge in [-0.3, -0.25) is 4.79 Å². The Morgan fingerprint density at radius 3 is 2.61 bits per heavy atom. The van der Waals surface area contributed by atoms with Gasteiger partial charge in [-0.05, 0) is 39.2 Å². The Kier molecular flexibility index (Phi) is 5.45. The van der Waals surface area contributed by atoms with Crippen LogP contribution in [-0.2, 0) is 9.53 Å². The molecule has 2 saturated heterocycles. The van der Waals surface area contributed by atoms with Crippen LogP contribution < -0.4 is 5.32 Å². The fraction of sp³-hybridized carbons (Fsp3) is 0.929. The Labute approximate surface area is 110 Å². The molecule has 2 aliphatic heterocycles. The molecule has 0 spiro atoms. The Morgan fingerprint density at radius 1 is 1.22 bits per heavy atom. The summed E-state index contributed by atoms with van der Waals surface area (Å²) in [6.07, 6.45) is 7.23. The molecule has 2 atom stereocenters. The number of nitrogens with zero attached hydrogens (tertiary/aromatic N) is 1. The van der Waals surface area contributed by atoms with E-state index in [-0.39, 0.29) is 18.6 Å². The van der Waals surface area contributed by atoms with E-state index in [1.54, 1.807) is 0 Å². The van der Waals surface area contributed by atoms with Crippen molar-refractivity contribution in [3.05, 3.63) is 0 Å².